The Labute approximate surface area is 61.0 Å². The minimum Gasteiger partial charge on any atom is -0.395 e. The van der Waals surface area contributed by atoms with Crippen molar-refractivity contribution in [3.8, 4) is 0 Å². The summed E-state index contributed by atoms with van der Waals surface area (Å²) in [5, 5.41) is 8.44. The van der Waals surface area contributed by atoms with Gasteiger partial charge in [-0.1, -0.05) is 6.08 Å². The van der Waals surface area contributed by atoms with Gasteiger partial charge in [-0.2, -0.15) is 0 Å². The fourth-order valence-corrected chi connectivity index (χ4v) is 0.530. The summed E-state index contributed by atoms with van der Waals surface area (Å²) in [6, 6.07) is 0. The summed E-state index contributed by atoms with van der Waals surface area (Å²) in [7, 11) is 1.65. The van der Waals surface area contributed by atoms with E-state index in [-0.39, 0.29) is 12.5 Å². The number of aliphatic hydroxyl groups excluding tert-OH is 1. The largest absolute Gasteiger partial charge is 0.395 e. The molecule has 0 saturated carbocycles. The van der Waals surface area contributed by atoms with Gasteiger partial charge in [-0.15, -0.1) is 0 Å². The van der Waals surface area contributed by atoms with Crippen molar-refractivity contribution >= 4 is 5.91 Å². The fraction of sp³-hybridized carbons (Fsp3) is 0.571. The van der Waals surface area contributed by atoms with Crippen LogP contribution in [0.4, 0.5) is 0 Å². The third-order valence-corrected chi connectivity index (χ3v) is 1.12. The number of nitrogens with zero attached hydrogens (tertiary/aromatic N) is 1. The summed E-state index contributed by atoms with van der Waals surface area (Å²) >= 11 is 0. The van der Waals surface area contributed by atoms with Crippen LogP contribution in [0, 0.1) is 0 Å². The Morgan fingerprint density at radius 1 is 1.70 bits per heavy atom. The average molecular weight is 143 g/mol. The van der Waals surface area contributed by atoms with E-state index < -0.39 is 0 Å². The van der Waals surface area contributed by atoms with E-state index in [0.717, 1.165) is 0 Å². The van der Waals surface area contributed by atoms with Gasteiger partial charge in [0.05, 0.1) is 6.61 Å². The number of hydrogen-bond donors (Lipinski definition) is 1. The zero-order chi connectivity index (χ0) is 7.98. The lowest BCUT2D eigenvalue weighted by Crippen LogP contribution is -2.27. The van der Waals surface area contributed by atoms with Gasteiger partial charge >= 0.3 is 0 Å². The molecule has 0 rings (SSSR count). The fourth-order valence-electron chi connectivity index (χ4n) is 0.530. The monoisotopic (exact) mass is 143 g/mol. The first-order chi connectivity index (χ1) is 4.72. The number of rotatable bonds is 3. The van der Waals surface area contributed by atoms with Crippen LogP contribution in [-0.4, -0.2) is 36.1 Å². The van der Waals surface area contributed by atoms with Crippen molar-refractivity contribution in [1.82, 2.24) is 4.90 Å². The van der Waals surface area contributed by atoms with E-state index in [9.17, 15) is 4.79 Å². The Balaban J connectivity index is 3.70. The lowest BCUT2D eigenvalue weighted by molar-refractivity contribution is -0.125. The Morgan fingerprint density at radius 3 is 2.70 bits per heavy atom. The van der Waals surface area contributed by atoms with E-state index in [4.69, 9.17) is 5.11 Å². The van der Waals surface area contributed by atoms with Crippen molar-refractivity contribution in [2.45, 2.75) is 6.92 Å². The lowest BCUT2D eigenvalue weighted by atomic mass is 10.4. The summed E-state index contributed by atoms with van der Waals surface area (Å²) in [6.45, 7) is 2.19. The molecule has 0 heterocycles. The summed E-state index contributed by atoms with van der Waals surface area (Å²) in [4.78, 5) is 12.3. The van der Waals surface area contributed by atoms with Gasteiger partial charge in [0.15, 0.2) is 0 Å². The number of amides is 1. The van der Waals surface area contributed by atoms with Crippen molar-refractivity contribution in [2.24, 2.45) is 0 Å². The molecule has 58 valence electrons. The van der Waals surface area contributed by atoms with E-state index in [1.54, 1.807) is 20.0 Å². The van der Waals surface area contributed by atoms with Crippen LogP contribution in [0.25, 0.3) is 0 Å². The third kappa shape index (κ3) is 3.25. The van der Waals surface area contributed by atoms with Crippen molar-refractivity contribution < 1.29 is 9.90 Å². The highest BCUT2D eigenvalue weighted by atomic mass is 16.3. The summed E-state index contributed by atoms with van der Waals surface area (Å²) in [5.41, 5.74) is 0. The van der Waals surface area contributed by atoms with E-state index in [0.29, 0.717) is 6.54 Å². The van der Waals surface area contributed by atoms with Crippen LogP contribution >= 0.6 is 0 Å². The van der Waals surface area contributed by atoms with Gasteiger partial charge in [0, 0.05) is 13.6 Å². The second-order valence-electron chi connectivity index (χ2n) is 1.98. The standard InChI is InChI=1S/C7H13NO2/c1-3-4-7(10)8(2)5-6-9/h3-4,9H,5-6H2,1-2H3/b4-3-. The van der Waals surface area contributed by atoms with Gasteiger partial charge in [0.1, 0.15) is 0 Å². The normalized spacial score (nSPS) is 10.3. The Kier molecular flexibility index (Phi) is 4.58. The quantitative estimate of drug-likeness (QED) is 0.565. The smallest absolute Gasteiger partial charge is 0.246 e. The predicted octanol–water partition coefficient (Wildman–Crippen LogP) is 0.0132. The molecule has 0 radical (unpaired) electrons. The molecule has 0 fully saturated rings. The zero-order valence-corrected chi connectivity index (χ0v) is 6.37. The van der Waals surface area contributed by atoms with E-state index in [2.05, 4.69) is 0 Å². The number of aliphatic hydroxyl groups is 1. The van der Waals surface area contributed by atoms with Gasteiger partial charge in [-0.05, 0) is 13.0 Å². The average Bonchev–Trinajstić information content (AvgIpc) is 1.89. The Bertz CT molecular complexity index is 132. The molecular formula is C7H13NO2. The van der Waals surface area contributed by atoms with Gasteiger partial charge in [-0.3, -0.25) is 4.79 Å². The second kappa shape index (κ2) is 4.99. The molecule has 0 aliphatic carbocycles. The molecule has 3 heteroatoms. The van der Waals surface area contributed by atoms with Crippen LogP contribution in [0.2, 0.25) is 0 Å². The first-order valence-electron chi connectivity index (χ1n) is 3.21. The molecule has 0 unspecified atom stereocenters. The van der Waals surface area contributed by atoms with Crippen molar-refractivity contribution in [2.75, 3.05) is 20.2 Å². The highest BCUT2D eigenvalue weighted by molar-refractivity contribution is 5.87. The molecule has 1 N–H and O–H groups in total. The maximum Gasteiger partial charge on any atom is 0.246 e. The number of likely N-dealkylation sites (N-methyl/N-ethyl adjacent to an activating group) is 1. The van der Waals surface area contributed by atoms with Gasteiger partial charge < -0.3 is 10.0 Å². The van der Waals surface area contributed by atoms with Gasteiger partial charge in [0.2, 0.25) is 5.91 Å². The molecule has 0 aliphatic heterocycles. The SMILES string of the molecule is C/C=C\C(=O)N(C)CCO. The molecule has 0 aromatic heterocycles. The number of carbonyl (C=O) groups excluding carboxylic acids is 1. The summed E-state index contributed by atoms with van der Waals surface area (Å²) < 4.78 is 0. The second-order valence-corrected chi connectivity index (χ2v) is 1.98. The van der Waals surface area contributed by atoms with E-state index in [1.165, 1.54) is 11.0 Å². The molecule has 0 aliphatic rings. The van der Waals surface area contributed by atoms with Crippen molar-refractivity contribution in [3.05, 3.63) is 12.2 Å². The zero-order valence-electron chi connectivity index (χ0n) is 6.37. The number of carbonyl (C=O) groups is 1. The first kappa shape index (κ1) is 9.17. The Hall–Kier alpha value is -0.830. The van der Waals surface area contributed by atoms with Crippen molar-refractivity contribution in [3.63, 3.8) is 0 Å². The highest BCUT2D eigenvalue weighted by Crippen LogP contribution is 1.84. The van der Waals surface area contributed by atoms with Crippen LogP contribution in [-0.2, 0) is 4.79 Å². The third-order valence-electron chi connectivity index (χ3n) is 1.12. The molecule has 0 atom stereocenters. The first-order valence-corrected chi connectivity index (χ1v) is 3.21. The van der Waals surface area contributed by atoms with E-state index >= 15 is 0 Å². The highest BCUT2D eigenvalue weighted by Gasteiger charge is 2.00. The van der Waals surface area contributed by atoms with Crippen LogP contribution < -0.4 is 0 Å². The van der Waals surface area contributed by atoms with Gasteiger partial charge in [-0.25, -0.2) is 0 Å². The molecule has 0 aromatic rings. The molecular weight excluding hydrogens is 130 g/mol. The molecule has 0 saturated heterocycles. The van der Waals surface area contributed by atoms with Crippen LogP contribution in [0.3, 0.4) is 0 Å². The van der Waals surface area contributed by atoms with Crippen LogP contribution in [0.5, 0.6) is 0 Å². The molecule has 0 aromatic carbocycles. The number of hydrogen-bond acceptors (Lipinski definition) is 2. The molecule has 3 nitrogen and oxygen atoms in total. The van der Waals surface area contributed by atoms with Gasteiger partial charge in [0.25, 0.3) is 0 Å². The minimum atomic E-state index is -0.0726. The summed E-state index contributed by atoms with van der Waals surface area (Å²) in [5.74, 6) is -0.0726. The lowest BCUT2D eigenvalue weighted by Gasteiger charge is -2.11. The number of allylic oxidation sites excluding steroid dienone is 1. The molecule has 0 bridgehead atoms. The van der Waals surface area contributed by atoms with E-state index in [1.807, 2.05) is 0 Å². The molecule has 0 spiro atoms. The minimum absolute atomic E-state index is 0.0137. The maximum atomic E-state index is 10.9. The Morgan fingerprint density at radius 2 is 2.30 bits per heavy atom. The predicted molar refractivity (Wildman–Crippen MR) is 39.5 cm³/mol. The van der Waals surface area contributed by atoms with Crippen LogP contribution in [0.15, 0.2) is 12.2 Å². The molecule has 10 heavy (non-hydrogen) atoms. The summed E-state index contributed by atoms with van der Waals surface area (Å²) in [6.07, 6.45) is 3.14. The maximum absolute atomic E-state index is 10.9. The van der Waals surface area contributed by atoms with Crippen LogP contribution in [0.1, 0.15) is 6.92 Å². The van der Waals surface area contributed by atoms with Crippen molar-refractivity contribution in [1.29, 1.82) is 0 Å². The molecule has 1 amide bonds. The topological polar surface area (TPSA) is 40.5 Å².